The van der Waals surface area contributed by atoms with Gasteiger partial charge in [-0.05, 0) is 5.04 Å². The van der Waals surface area contributed by atoms with Crippen LogP contribution in [-0.2, 0) is 28.4 Å². The van der Waals surface area contributed by atoms with Gasteiger partial charge in [0.05, 0.1) is 28.6 Å². The topological polar surface area (TPSA) is 55.4 Å². The van der Waals surface area contributed by atoms with Crippen molar-refractivity contribution >= 4 is 38.8 Å². The van der Waals surface area contributed by atoms with Crippen LogP contribution < -0.4 is 0 Å². The van der Waals surface area contributed by atoms with Gasteiger partial charge in [0, 0.05) is 52.9 Å². The Balaban J connectivity index is 4.43. The monoisotopic (exact) mass is 484 g/mol. The first kappa shape index (κ1) is 29.6. The van der Waals surface area contributed by atoms with Gasteiger partial charge in [-0.2, -0.15) is 0 Å². The van der Waals surface area contributed by atoms with E-state index in [1.54, 1.807) is 42.7 Å². The highest BCUT2D eigenvalue weighted by atomic mass is 28.2. The fraction of sp³-hybridized carbons (Fsp3) is 1.00. The van der Waals surface area contributed by atoms with Crippen LogP contribution in [0.25, 0.3) is 0 Å². The van der Waals surface area contributed by atoms with Crippen molar-refractivity contribution in [2.45, 2.75) is 79.4 Å². The second kappa shape index (κ2) is 19.3. The molecule has 0 saturated carbocycles. The van der Waals surface area contributed by atoms with Crippen molar-refractivity contribution in [3.05, 3.63) is 0 Å². The van der Waals surface area contributed by atoms with Gasteiger partial charge in [-0.1, -0.05) is 56.7 Å². The molecule has 0 radical (unpaired) electrons. The molecule has 0 N–H and O–H groups in total. The van der Waals surface area contributed by atoms with Crippen molar-refractivity contribution in [1.29, 1.82) is 0 Å². The Morgan fingerprint density at radius 2 is 0.793 bits per heavy atom. The lowest BCUT2D eigenvalue weighted by atomic mass is 9.92. The third-order valence-electron chi connectivity index (χ3n) is 5.99. The maximum atomic E-state index is 5.39. The van der Waals surface area contributed by atoms with E-state index in [1.807, 2.05) is 0 Å². The summed E-state index contributed by atoms with van der Waals surface area (Å²) in [4.78, 5) is 0. The lowest BCUT2D eigenvalue weighted by Crippen LogP contribution is -2.23. The summed E-state index contributed by atoms with van der Waals surface area (Å²) in [6.45, 7) is 0. The van der Waals surface area contributed by atoms with Gasteiger partial charge in [0.1, 0.15) is 17.7 Å². The molecule has 0 amide bonds. The minimum atomic E-state index is -0.307. The van der Waals surface area contributed by atoms with Crippen molar-refractivity contribution < 1.29 is 28.4 Å². The van der Waals surface area contributed by atoms with Crippen LogP contribution in [0.4, 0.5) is 0 Å². The van der Waals surface area contributed by atoms with Gasteiger partial charge in [-0.15, -0.1) is 0 Å². The van der Waals surface area contributed by atoms with Gasteiger partial charge in [0.15, 0.2) is 0 Å². The molecule has 176 valence electrons. The fourth-order valence-corrected chi connectivity index (χ4v) is 9.05. The predicted molar refractivity (Wildman–Crippen MR) is 134 cm³/mol. The summed E-state index contributed by atoms with van der Waals surface area (Å²) in [6, 6.07) is 3.93. The standard InChI is InChI=1S/C19H48O6Si4/c1-20-16(21-2)27-13-7-10-19(26,11-8-14-28-17(22-3)23-4)12-9-15-29-18(24-5)25-6/h16-18H,7-15,27-29H2,1-6,26H3. The van der Waals surface area contributed by atoms with Crippen molar-refractivity contribution in [2.75, 3.05) is 42.7 Å². The molecule has 0 fully saturated rings. The Hall–Kier alpha value is 0.628. The minimum absolute atomic E-state index is 0.0792. The molecule has 0 aliphatic heterocycles. The first-order valence-corrected chi connectivity index (χ1v) is 17.6. The molecule has 10 heteroatoms. The summed E-state index contributed by atoms with van der Waals surface area (Å²) in [5.41, 5.74) is 0. The number of rotatable bonds is 21. The van der Waals surface area contributed by atoms with Crippen LogP contribution in [0.3, 0.4) is 0 Å². The molecule has 0 rings (SSSR count). The first-order valence-electron chi connectivity index (χ1n) is 11.1. The summed E-state index contributed by atoms with van der Waals surface area (Å²) < 4.78 is 32.3. The molecule has 29 heavy (non-hydrogen) atoms. The molecule has 0 aromatic heterocycles. The Morgan fingerprint density at radius 3 is 1.00 bits per heavy atom. The summed E-state index contributed by atoms with van der Waals surface area (Å²) in [6.07, 6.45) is 8.07. The van der Waals surface area contributed by atoms with E-state index in [0.29, 0.717) is 5.04 Å². The molecule has 0 aliphatic carbocycles. The Morgan fingerprint density at radius 1 is 0.552 bits per heavy atom. The molecule has 0 atom stereocenters. The molecule has 0 aliphatic rings. The van der Waals surface area contributed by atoms with E-state index < -0.39 is 0 Å². The number of hydrogen-bond donors (Lipinski definition) is 0. The second-order valence-corrected chi connectivity index (χ2v) is 16.2. The van der Waals surface area contributed by atoms with E-state index in [0.717, 1.165) is 0 Å². The maximum Gasteiger partial charge on any atom is 0.134 e. The van der Waals surface area contributed by atoms with Gasteiger partial charge in [0.2, 0.25) is 0 Å². The second-order valence-electron chi connectivity index (χ2n) is 8.25. The Bertz CT molecular complexity index is 305. The Kier molecular flexibility index (Phi) is 19.7. The third-order valence-corrected chi connectivity index (χ3v) is 13.6. The van der Waals surface area contributed by atoms with Crippen molar-refractivity contribution in [1.82, 2.24) is 0 Å². The average molecular weight is 485 g/mol. The molecule has 0 unspecified atom stereocenters. The van der Waals surface area contributed by atoms with Gasteiger partial charge in [-0.3, -0.25) is 0 Å². The van der Waals surface area contributed by atoms with Crippen molar-refractivity contribution in [3.63, 3.8) is 0 Å². The zero-order valence-corrected chi connectivity index (χ0v) is 26.4. The van der Waals surface area contributed by atoms with E-state index in [9.17, 15) is 0 Å². The van der Waals surface area contributed by atoms with Gasteiger partial charge < -0.3 is 28.4 Å². The highest BCUT2D eigenvalue weighted by molar-refractivity contribution is 6.37. The fourth-order valence-electron chi connectivity index (χ4n) is 3.96. The van der Waals surface area contributed by atoms with Gasteiger partial charge in [-0.25, -0.2) is 0 Å². The van der Waals surface area contributed by atoms with E-state index in [1.165, 1.54) is 66.9 Å². The van der Waals surface area contributed by atoms with Crippen molar-refractivity contribution in [2.24, 2.45) is 0 Å². The lowest BCUT2D eigenvalue weighted by Gasteiger charge is -2.31. The molecule has 0 saturated heterocycles. The van der Waals surface area contributed by atoms with E-state index in [4.69, 9.17) is 28.4 Å². The normalized spacial score (nSPS) is 15.6. The molecule has 0 aromatic carbocycles. The van der Waals surface area contributed by atoms with E-state index >= 15 is 0 Å². The van der Waals surface area contributed by atoms with Crippen LogP contribution >= 0.6 is 0 Å². The Labute approximate surface area is 189 Å². The van der Waals surface area contributed by atoms with E-state index in [-0.39, 0.29) is 46.3 Å². The average Bonchev–Trinajstić information content (AvgIpc) is 2.74. The number of hydrogen-bond acceptors (Lipinski definition) is 6. The molecular weight excluding hydrogens is 437 g/mol. The van der Waals surface area contributed by atoms with Gasteiger partial charge in [0.25, 0.3) is 0 Å². The smallest absolute Gasteiger partial charge is 0.134 e. The molecule has 6 nitrogen and oxygen atoms in total. The quantitative estimate of drug-likeness (QED) is 0.133. The highest BCUT2D eigenvalue weighted by Gasteiger charge is 2.24. The van der Waals surface area contributed by atoms with Crippen LogP contribution in [0.5, 0.6) is 0 Å². The SMILES string of the molecule is COC(OC)[SiH2]CCCC([SiH3])(CCC[SiH2]C(OC)OC)CCC[SiH2]C(OC)OC. The van der Waals surface area contributed by atoms with Crippen LogP contribution in [-0.4, -0.2) is 99.2 Å². The molecule has 0 heterocycles. The van der Waals surface area contributed by atoms with Crippen LogP contribution in [0, 0.1) is 0 Å². The number of methoxy groups -OCH3 is 6. The van der Waals surface area contributed by atoms with Crippen molar-refractivity contribution in [3.8, 4) is 0 Å². The minimum Gasteiger partial charge on any atom is -0.360 e. The van der Waals surface area contributed by atoms with Crippen LogP contribution in [0.2, 0.25) is 23.2 Å². The van der Waals surface area contributed by atoms with Crippen LogP contribution in [0.15, 0.2) is 0 Å². The zero-order valence-electron chi connectivity index (χ0n) is 20.2. The highest BCUT2D eigenvalue weighted by Crippen LogP contribution is 2.40. The molecule has 0 spiro atoms. The van der Waals surface area contributed by atoms with Gasteiger partial charge >= 0.3 is 0 Å². The van der Waals surface area contributed by atoms with E-state index in [2.05, 4.69) is 0 Å². The largest absolute Gasteiger partial charge is 0.360 e. The molecule has 0 aromatic rings. The summed E-state index contributed by atoms with van der Waals surface area (Å²) in [5.74, 6) is 0.238. The summed E-state index contributed by atoms with van der Waals surface area (Å²) in [7, 11) is 10.9. The molecule has 0 bridgehead atoms. The number of ether oxygens (including phenoxy) is 6. The lowest BCUT2D eigenvalue weighted by molar-refractivity contribution is -0.0442. The van der Waals surface area contributed by atoms with Crippen LogP contribution in [0.1, 0.15) is 38.5 Å². The first-order chi connectivity index (χ1) is 14.0. The zero-order chi connectivity index (χ0) is 22.0. The molecular formula is C19H48O6Si4. The summed E-state index contributed by atoms with van der Waals surface area (Å²) in [5, 5.41) is 0.568. The summed E-state index contributed by atoms with van der Waals surface area (Å²) >= 11 is 0. The third kappa shape index (κ3) is 15.1. The maximum absolute atomic E-state index is 5.39. The predicted octanol–water partition coefficient (Wildman–Crippen LogP) is 0.342.